The molecule has 0 unspecified atom stereocenters. The van der Waals surface area contributed by atoms with E-state index in [4.69, 9.17) is 14.4 Å². The number of fused-ring (bicyclic) bond motifs is 6. The molecule has 0 fully saturated rings. The van der Waals surface area contributed by atoms with Gasteiger partial charge in [0.1, 0.15) is 11.3 Å². The maximum absolute atomic E-state index is 6.32. The third-order valence-corrected chi connectivity index (χ3v) is 6.45. The molecule has 3 heteroatoms. The smallest absolute Gasteiger partial charge is 0.160 e. The summed E-state index contributed by atoms with van der Waals surface area (Å²) in [4.78, 5) is 9.76. The molecular formula is C27H22N2O. The van der Waals surface area contributed by atoms with Gasteiger partial charge in [-0.3, -0.25) is 0 Å². The Labute approximate surface area is 175 Å². The summed E-state index contributed by atoms with van der Waals surface area (Å²) in [6.45, 7) is 8.78. The third kappa shape index (κ3) is 2.20. The predicted molar refractivity (Wildman–Crippen MR) is 122 cm³/mol. The second kappa shape index (κ2) is 5.79. The van der Waals surface area contributed by atoms with Crippen LogP contribution in [0.15, 0.2) is 65.2 Å². The zero-order valence-corrected chi connectivity index (χ0v) is 17.6. The molecule has 1 aliphatic carbocycles. The monoisotopic (exact) mass is 390 g/mol. The van der Waals surface area contributed by atoms with Gasteiger partial charge in [0.15, 0.2) is 5.82 Å². The highest BCUT2D eigenvalue weighted by Gasteiger charge is 2.42. The number of benzene rings is 3. The summed E-state index contributed by atoms with van der Waals surface area (Å²) in [7, 11) is 0. The summed E-state index contributed by atoms with van der Waals surface area (Å²) >= 11 is 0. The van der Waals surface area contributed by atoms with Gasteiger partial charge in [-0.2, -0.15) is 0 Å². The number of hydrogen-bond donors (Lipinski definition) is 0. The van der Waals surface area contributed by atoms with Gasteiger partial charge in [0.25, 0.3) is 0 Å². The van der Waals surface area contributed by atoms with Gasteiger partial charge in [-0.25, -0.2) is 9.97 Å². The number of aryl methyl sites for hydroxylation is 2. The van der Waals surface area contributed by atoms with Crippen LogP contribution in [0.1, 0.15) is 36.1 Å². The lowest BCUT2D eigenvalue weighted by molar-refractivity contribution is 0.619. The van der Waals surface area contributed by atoms with Crippen molar-refractivity contribution in [2.45, 2.75) is 33.1 Å². The lowest BCUT2D eigenvalue weighted by Crippen LogP contribution is -2.16. The summed E-state index contributed by atoms with van der Waals surface area (Å²) in [5.41, 5.74) is 8.89. The predicted octanol–water partition coefficient (Wildman–Crippen LogP) is 6.97. The number of hydrogen-bond acceptors (Lipinski definition) is 3. The molecule has 3 aromatic carbocycles. The van der Waals surface area contributed by atoms with Crippen molar-refractivity contribution in [2.75, 3.05) is 0 Å². The molecule has 0 N–H and O–H groups in total. The Kier molecular flexibility index (Phi) is 3.36. The minimum atomic E-state index is -0.200. The van der Waals surface area contributed by atoms with Crippen LogP contribution < -0.4 is 0 Å². The van der Waals surface area contributed by atoms with Crippen LogP contribution >= 0.6 is 0 Å². The highest BCUT2D eigenvalue weighted by molar-refractivity contribution is 5.96. The van der Waals surface area contributed by atoms with Crippen LogP contribution in [0.3, 0.4) is 0 Å². The maximum atomic E-state index is 6.32. The average molecular weight is 390 g/mol. The van der Waals surface area contributed by atoms with E-state index in [9.17, 15) is 0 Å². The number of rotatable bonds is 1. The molecule has 0 radical (unpaired) electrons. The molecule has 0 spiro atoms. The van der Waals surface area contributed by atoms with Crippen molar-refractivity contribution in [3.63, 3.8) is 0 Å². The fourth-order valence-electron chi connectivity index (χ4n) is 5.20. The standard InChI is InChI=1S/C27H22N2O/c1-15-12-16(2)20-14-28-26(29-21(20)13-15)19-10-7-9-18-23(19)27(3,4)24-17-8-5-6-11-22(17)30-25(18)24/h5-14H,1-4H3. The highest BCUT2D eigenvalue weighted by atomic mass is 16.3. The first kappa shape index (κ1) is 17.4. The second-order valence-electron chi connectivity index (χ2n) is 8.86. The first-order chi connectivity index (χ1) is 14.4. The Bertz CT molecular complexity index is 1490. The van der Waals surface area contributed by atoms with Crippen LogP contribution in [0.2, 0.25) is 0 Å². The molecule has 3 nitrogen and oxygen atoms in total. The Morgan fingerprint density at radius 3 is 2.50 bits per heavy atom. The topological polar surface area (TPSA) is 38.9 Å². The van der Waals surface area contributed by atoms with E-state index in [0.717, 1.165) is 39.2 Å². The van der Waals surface area contributed by atoms with Gasteiger partial charge in [-0.05, 0) is 42.7 Å². The Hall–Kier alpha value is -3.46. The Morgan fingerprint density at radius 2 is 1.63 bits per heavy atom. The molecule has 0 saturated carbocycles. The van der Waals surface area contributed by atoms with Crippen LogP contribution in [0.4, 0.5) is 0 Å². The molecule has 30 heavy (non-hydrogen) atoms. The van der Waals surface area contributed by atoms with Gasteiger partial charge >= 0.3 is 0 Å². The number of nitrogens with zero attached hydrogens (tertiary/aromatic N) is 2. The van der Waals surface area contributed by atoms with Crippen LogP contribution in [0.5, 0.6) is 0 Å². The van der Waals surface area contributed by atoms with E-state index < -0.39 is 0 Å². The lowest BCUT2D eigenvalue weighted by Gasteiger charge is -2.23. The van der Waals surface area contributed by atoms with E-state index in [1.807, 2.05) is 18.3 Å². The quantitative estimate of drug-likeness (QED) is 0.310. The fraction of sp³-hybridized carbons (Fsp3) is 0.185. The van der Waals surface area contributed by atoms with E-state index in [2.05, 4.69) is 70.2 Å². The summed E-state index contributed by atoms with van der Waals surface area (Å²) in [5, 5.41) is 2.29. The molecular weight excluding hydrogens is 368 g/mol. The maximum Gasteiger partial charge on any atom is 0.160 e. The zero-order chi connectivity index (χ0) is 20.6. The average Bonchev–Trinajstić information content (AvgIpc) is 3.22. The van der Waals surface area contributed by atoms with E-state index in [0.29, 0.717) is 0 Å². The highest BCUT2D eigenvalue weighted by Crippen LogP contribution is 2.55. The van der Waals surface area contributed by atoms with Crippen LogP contribution in [-0.2, 0) is 5.41 Å². The largest absolute Gasteiger partial charge is 0.456 e. The summed E-state index contributed by atoms with van der Waals surface area (Å²) in [6, 6.07) is 19.0. The molecule has 5 aromatic rings. The summed E-state index contributed by atoms with van der Waals surface area (Å²) in [5.74, 6) is 1.75. The van der Waals surface area contributed by atoms with E-state index >= 15 is 0 Å². The molecule has 146 valence electrons. The molecule has 0 aliphatic heterocycles. The van der Waals surface area contributed by atoms with Gasteiger partial charge in [0, 0.05) is 39.1 Å². The van der Waals surface area contributed by atoms with Gasteiger partial charge in [0.05, 0.1) is 5.52 Å². The molecule has 2 aromatic heterocycles. The normalized spacial score (nSPS) is 14.3. The van der Waals surface area contributed by atoms with Gasteiger partial charge in [0.2, 0.25) is 0 Å². The molecule has 0 atom stereocenters. The van der Waals surface area contributed by atoms with Crippen molar-refractivity contribution in [2.24, 2.45) is 0 Å². The van der Waals surface area contributed by atoms with Gasteiger partial charge in [-0.1, -0.05) is 56.3 Å². The van der Waals surface area contributed by atoms with Crippen molar-refractivity contribution in [3.8, 4) is 22.7 Å². The summed E-state index contributed by atoms with van der Waals surface area (Å²) in [6.07, 6.45) is 1.96. The minimum Gasteiger partial charge on any atom is -0.456 e. The molecule has 6 rings (SSSR count). The van der Waals surface area contributed by atoms with Gasteiger partial charge < -0.3 is 4.42 Å². The van der Waals surface area contributed by atoms with Crippen molar-refractivity contribution in [1.82, 2.24) is 9.97 Å². The molecule has 1 aliphatic rings. The molecule has 2 heterocycles. The van der Waals surface area contributed by atoms with Crippen LogP contribution in [0.25, 0.3) is 44.6 Å². The van der Waals surface area contributed by atoms with E-state index in [-0.39, 0.29) is 5.41 Å². The lowest BCUT2D eigenvalue weighted by atomic mass is 9.79. The molecule has 0 saturated heterocycles. The minimum absolute atomic E-state index is 0.200. The first-order valence-corrected chi connectivity index (χ1v) is 10.4. The van der Waals surface area contributed by atoms with Crippen LogP contribution in [-0.4, -0.2) is 9.97 Å². The fourth-order valence-corrected chi connectivity index (χ4v) is 5.20. The molecule has 0 amide bonds. The van der Waals surface area contributed by atoms with Crippen molar-refractivity contribution in [3.05, 3.63) is 83.0 Å². The van der Waals surface area contributed by atoms with E-state index in [1.54, 1.807) is 0 Å². The summed E-state index contributed by atoms with van der Waals surface area (Å²) < 4.78 is 6.32. The Balaban J connectivity index is 1.63. The zero-order valence-electron chi connectivity index (χ0n) is 17.6. The van der Waals surface area contributed by atoms with Gasteiger partial charge in [-0.15, -0.1) is 0 Å². The Morgan fingerprint density at radius 1 is 0.833 bits per heavy atom. The van der Waals surface area contributed by atoms with Crippen molar-refractivity contribution < 1.29 is 4.42 Å². The molecule has 0 bridgehead atoms. The second-order valence-corrected chi connectivity index (χ2v) is 8.86. The number of furan rings is 1. The number of aromatic nitrogens is 2. The van der Waals surface area contributed by atoms with Crippen molar-refractivity contribution >= 4 is 21.9 Å². The first-order valence-electron chi connectivity index (χ1n) is 10.4. The van der Waals surface area contributed by atoms with Crippen LogP contribution in [0, 0.1) is 13.8 Å². The number of para-hydroxylation sites is 1. The SMILES string of the molecule is Cc1cc(C)c2cnc(-c3cccc4c3C(C)(C)c3c-4oc4ccccc34)nc2c1. The van der Waals surface area contributed by atoms with E-state index in [1.165, 1.54) is 27.6 Å². The van der Waals surface area contributed by atoms with Crippen molar-refractivity contribution in [1.29, 1.82) is 0 Å². The third-order valence-electron chi connectivity index (χ3n) is 6.45.